The Bertz CT molecular complexity index is 1260. The van der Waals surface area contributed by atoms with Crippen LogP contribution in [0.25, 0.3) is 21.9 Å². The lowest BCUT2D eigenvalue weighted by molar-refractivity contribution is 0.744. The summed E-state index contributed by atoms with van der Waals surface area (Å²) in [4.78, 5) is 5.06. The van der Waals surface area contributed by atoms with Gasteiger partial charge in [-0.2, -0.15) is 0 Å². The van der Waals surface area contributed by atoms with E-state index in [2.05, 4.69) is 119 Å². The zero-order valence-corrected chi connectivity index (χ0v) is 20.7. The summed E-state index contributed by atoms with van der Waals surface area (Å²) in [7, 11) is 0. The third-order valence-corrected chi connectivity index (χ3v) is 5.99. The van der Waals surface area contributed by atoms with E-state index in [0.29, 0.717) is 12.5 Å². The maximum Gasteiger partial charge on any atom is 0.0650 e. The second kappa shape index (κ2) is 12.5. The van der Waals surface area contributed by atoms with Crippen molar-refractivity contribution in [2.45, 2.75) is 27.2 Å². The Kier molecular flexibility index (Phi) is 9.17. The summed E-state index contributed by atoms with van der Waals surface area (Å²) in [5, 5.41) is 2.53. The molecule has 0 bridgehead atoms. The molecule has 1 unspecified atom stereocenters. The molecule has 1 atom stereocenters. The van der Waals surface area contributed by atoms with E-state index in [1.165, 1.54) is 27.5 Å². The van der Waals surface area contributed by atoms with Crippen molar-refractivity contribution in [2.75, 3.05) is 6.54 Å². The van der Waals surface area contributed by atoms with Gasteiger partial charge >= 0.3 is 0 Å². The van der Waals surface area contributed by atoms with Gasteiger partial charge in [0.05, 0.1) is 5.71 Å². The van der Waals surface area contributed by atoms with E-state index in [-0.39, 0.29) is 0 Å². The Morgan fingerprint density at radius 2 is 1.71 bits per heavy atom. The molecule has 0 radical (unpaired) electrons. The second-order valence-electron chi connectivity index (χ2n) is 8.41. The van der Waals surface area contributed by atoms with E-state index in [1.807, 2.05) is 12.2 Å². The van der Waals surface area contributed by atoms with Gasteiger partial charge in [-0.15, -0.1) is 6.58 Å². The highest BCUT2D eigenvalue weighted by atomic mass is 14.7. The van der Waals surface area contributed by atoms with E-state index in [0.717, 1.165) is 23.3 Å². The van der Waals surface area contributed by atoms with Crippen molar-refractivity contribution in [3.05, 3.63) is 133 Å². The minimum absolute atomic E-state index is 0.316. The summed E-state index contributed by atoms with van der Waals surface area (Å²) < 4.78 is 0. The molecule has 0 N–H and O–H groups in total. The number of fused-ring (bicyclic) bond motifs is 1. The van der Waals surface area contributed by atoms with Crippen LogP contribution in [0.5, 0.6) is 0 Å². The monoisotopic (exact) mass is 445 g/mol. The Balaban J connectivity index is 2.14. The first-order valence-electron chi connectivity index (χ1n) is 12.0. The summed E-state index contributed by atoms with van der Waals surface area (Å²) in [6.07, 6.45) is 13.1. The number of rotatable bonds is 10. The van der Waals surface area contributed by atoms with E-state index in [9.17, 15) is 0 Å². The van der Waals surface area contributed by atoms with Crippen LogP contribution in [-0.2, 0) is 0 Å². The fourth-order valence-electron chi connectivity index (χ4n) is 3.97. The van der Waals surface area contributed by atoms with Crippen LogP contribution in [0.3, 0.4) is 0 Å². The smallest absolute Gasteiger partial charge is 0.0650 e. The number of aliphatic imine (C=N–C) groups is 1. The molecule has 0 saturated carbocycles. The molecule has 0 spiro atoms. The number of benzene rings is 3. The highest BCUT2D eigenvalue weighted by Gasteiger charge is 2.10. The van der Waals surface area contributed by atoms with Crippen molar-refractivity contribution >= 4 is 27.6 Å². The lowest BCUT2D eigenvalue weighted by atomic mass is 9.93. The molecule has 0 aliphatic rings. The van der Waals surface area contributed by atoms with Crippen LogP contribution in [0.2, 0.25) is 0 Å². The van der Waals surface area contributed by atoms with E-state index < -0.39 is 0 Å². The van der Waals surface area contributed by atoms with Gasteiger partial charge in [0.1, 0.15) is 0 Å². The Morgan fingerprint density at radius 1 is 0.971 bits per heavy atom. The van der Waals surface area contributed by atoms with Crippen molar-refractivity contribution in [1.29, 1.82) is 0 Å². The van der Waals surface area contributed by atoms with Gasteiger partial charge in [-0.25, -0.2) is 0 Å². The van der Waals surface area contributed by atoms with Crippen molar-refractivity contribution < 1.29 is 0 Å². The fourth-order valence-corrected chi connectivity index (χ4v) is 3.97. The molecular formula is C33H35N. The summed E-state index contributed by atoms with van der Waals surface area (Å²) in [5.41, 5.74) is 7.00. The van der Waals surface area contributed by atoms with E-state index >= 15 is 0 Å². The van der Waals surface area contributed by atoms with Crippen LogP contribution in [0.1, 0.15) is 43.9 Å². The first-order chi connectivity index (χ1) is 16.6. The van der Waals surface area contributed by atoms with Gasteiger partial charge in [-0.3, -0.25) is 4.99 Å². The predicted octanol–water partition coefficient (Wildman–Crippen LogP) is 9.09. The lowest BCUT2D eigenvalue weighted by Crippen LogP contribution is -2.04. The summed E-state index contributed by atoms with van der Waals surface area (Å²) >= 11 is 0. The number of hydrogen-bond donors (Lipinski definition) is 0. The average molecular weight is 446 g/mol. The molecule has 3 aromatic carbocycles. The van der Waals surface area contributed by atoms with Crippen LogP contribution in [0.4, 0.5) is 0 Å². The number of hydrogen-bond acceptors (Lipinski definition) is 1. The van der Waals surface area contributed by atoms with Gasteiger partial charge < -0.3 is 0 Å². The van der Waals surface area contributed by atoms with Crippen molar-refractivity contribution in [1.82, 2.24) is 0 Å². The molecule has 0 fully saturated rings. The summed E-state index contributed by atoms with van der Waals surface area (Å²) in [6, 6.07) is 23.7. The Morgan fingerprint density at radius 3 is 2.44 bits per heavy atom. The highest BCUT2D eigenvalue weighted by molar-refractivity contribution is 6.13. The van der Waals surface area contributed by atoms with Crippen molar-refractivity contribution in [3.63, 3.8) is 0 Å². The van der Waals surface area contributed by atoms with Gasteiger partial charge in [0.2, 0.25) is 0 Å². The quantitative estimate of drug-likeness (QED) is 0.168. The maximum absolute atomic E-state index is 5.06. The van der Waals surface area contributed by atoms with Gasteiger partial charge in [0.25, 0.3) is 0 Å². The van der Waals surface area contributed by atoms with Gasteiger partial charge in [0, 0.05) is 12.1 Å². The minimum Gasteiger partial charge on any atom is -0.284 e. The molecule has 0 heterocycles. The number of nitrogens with zero attached hydrogens (tertiary/aromatic N) is 1. The molecule has 3 rings (SSSR count). The molecule has 34 heavy (non-hydrogen) atoms. The van der Waals surface area contributed by atoms with Crippen molar-refractivity contribution in [3.8, 4) is 0 Å². The SMILES string of the molecule is C=C/C=C\C(=C/C)c1cccc(C(/C=C(\CC)c2cccc3ccccc23)=N/CC(C)C=C)c1. The van der Waals surface area contributed by atoms with Gasteiger partial charge in [0.15, 0.2) is 0 Å². The summed E-state index contributed by atoms with van der Waals surface area (Å²) in [6.45, 7) is 14.9. The third kappa shape index (κ3) is 6.20. The van der Waals surface area contributed by atoms with Gasteiger partial charge in [-0.1, -0.05) is 111 Å². The largest absolute Gasteiger partial charge is 0.284 e. The molecule has 0 amide bonds. The molecule has 172 valence electrons. The number of allylic oxidation sites excluding steroid dienone is 7. The van der Waals surface area contributed by atoms with Crippen LogP contribution in [0, 0.1) is 5.92 Å². The topological polar surface area (TPSA) is 12.4 Å². The molecular weight excluding hydrogens is 410 g/mol. The fraction of sp³-hybridized carbons (Fsp3) is 0.182. The standard InChI is InChI=1S/C33H35N/c1-6-10-15-26(8-3)29-18-13-19-30(22-29)33(34-24-25(5)7-2)23-27(9-4)31-21-14-17-28-16-11-12-20-32(28)31/h6-8,10-23,25H,1-2,9,24H2,3-5H3/b15-10-,26-8+,27-23+,34-33+. The molecule has 0 aromatic heterocycles. The molecule has 0 saturated heterocycles. The third-order valence-electron chi connectivity index (χ3n) is 5.99. The Labute approximate surface area is 205 Å². The normalized spacial score (nSPS) is 13.9. The van der Waals surface area contributed by atoms with Crippen LogP contribution in [0.15, 0.2) is 121 Å². The van der Waals surface area contributed by atoms with Crippen LogP contribution >= 0.6 is 0 Å². The maximum atomic E-state index is 5.06. The average Bonchev–Trinajstić information content (AvgIpc) is 2.89. The summed E-state index contributed by atoms with van der Waals surface area (Å²) in [5.74, 6) is 0.316. The molecule has 0 aliphatic heterocycles. The predicted molar refractivity (Wildman–Crippen MR) is 152 cm³/mol. The zero-order valence-electron chi connectivity index (χ0n) is 20.7. The van der Waals surface area contributed by atoms with E-state index in [1.54, 1.807) is 6.08 Å². The molecule has 1 heteroatoms. The van der Waals surface area contributed by atoms with Crippen LogP contribution < -0.4 is 0 Å². The second-order valence-corrected chi connectivity index (χ2v) is 8.41. The van der Waals surface area contributed by atoms with Gasteiger partial charge in [-0.05, 0) is 64.5 Å². The lowest BCUT2D eigenvalue weighted by Gasteiger charge is -2.13. The first-order valence-corrected chi connectivity index (χ1v) is 12.0. The minimum atomic E-state index is 0.316. The van der Waals surface area contributed by atoms with E-state index in [4.69, 9.17) is 4.99 Å². The Hall–Kier alpha value is -3.71. The van der Waals surface area contributed by atoms with Crippen LogP contribution in [-0.4, -0.2) is 12.3 Å². The molecule has 1 nitrogen and oxygen atoms in total. The first kappa shape index (κ1) is 24.9. The molecule has 0 aliphatic carbocycles. The zero-order chi connectivity index (χ0) is 24.3. The van der Waals surface area contributed by atoms with Crippen molar-refractivity contribution in [2.24, 2.45) is 10.9 Å². The highest BCUT2D eigenvalue weighted by Crippen LogP contribution is 2.28. The molecule has 3 aromatic rings.